The average molecular weight is 458 g/mol. The van der Waals surface area contributed by atoms with Crippen LogP contribution in [0.4, 0.5) is 10.5 Å². The molecule has 1 aliphatic carbocycles. The fourth-order valence-corrected chi connectivity index (χ4v) is 3.90. The number of carbonyl (C=O) groups is 1. The van der Waals surface area contributed by atoms with E-state index in [1.54, 1.807) is 44.6 Å². The molecule has 3 aromatic rings. The summed E-state index contributed by atoms with van der Waals surface area (Å²) in [6, 6.07) is 8.46. The lowest BCUT2D eigenvalue weighted by Gasteiger charge is -2.22. The minimum atomic E-state index is -0.504. The van der Waals surface area contributed by atoms with Crippen molar-refractivity contribution in [2.75, 3.05) is 19.5 Å². The number of amides is 1. The van der Waals surface area contributed by atoms with Crippen LogP contribution in [0.5, 0.6) is 23.1 Å². The zero-order valence-corrected chi connectivity index (χ0v) is 18.6. The van der Waals surface area contributed by atoms with Crippen molar-refractivity contribution in [3.8, 4) is 23.1 Å². The maximum absolute atomic E-state index is 12.2. The lowest BCUT2D eigenvalue weighted by molar-refractivity contribution is 0.0865. The molecule has 1 N–H and O–H groups in total. The van der Waals surface area contributed by atoms with Crippen LogP contribution >= 0.6 is 11.6 Å². The Kier molecular flexibility index (Phi) is 6.80. The molecule has 168 valence electrons. The van der Waals surface area contributed by atoms with E-state index in [2.05, 4.69) is 15.3 Å². The number of benzene rings is 2. The van der Waals surface area contributed by atoms with Gasteiger partial charge in [0.25, 0.3) is 0 Å². The summed E-state index contributed by atoms with van der Waals surface area (Å²) in [7, 11) is 3.11. The molecule has 0 radical (unpaired) electrons. The number of ether oxygens (including phenoxy) is 4. The van der Waals surface area contributed by atoms with E-state index in [0.717, 1.165) is 25.7 Å². The molecule has 0 bridgehead atoms. The molecule has 0 saturated heterocycles. The number of hydrogen-bond acceptors (Lipinski definition) is 7. The van der Waals surface area contributed by atoms with Gasteiger partial charge in [0.05, 0.1) is 35.8 Å². The highest BCUT2D eigenvalue weighted by Gasteiger charge is 2.19. The Bertz CT molecular complexity index is 1120. The zero-order chi connectivity index (χ0) is 22.5. The molecule has 32 heavy (non-hydrogen) atoms. The summed E-state index contributed by atoms with van der Waals surface area (Å²) in [5.74, 6) is 1.89. The molecule has 0 spiro atoms. The quantitative estimate of drug-likeness (QED) is 0.487. The number of rotatable bonds is 6. The van der Waals surface area contributed by atoms with E-state index >= 15 is 0 Å². The molecule has 4 rings (SSSR count). The molecule has 9 heteroatoms. The second kappa shape index (κ2) is 9.91. The van der Waals surface area contributed by atoms with Gasteiger partial charge in [-0.15, -0.1) is 0 Å². The van der Waals surface area contributed by atoms with Crippen LogP contribution in [0.15, 0.2) is 36.7 Å². The van der Waals surface area contributed by atoms with E-state index < -0.39 is 6.09 Å². The van der Waals surface area contributed by atoms with E-state index in [9.17, 15) is 4.79 Å². The summed E-state index contributed by atoms with van der Waals surface area (Å²) >= 11 is 6.37. The lowest BCUT2D eigenvalue weighted by Crippen LogP contribution is -2.24. The largest absolute Gasteiger partial charge is 0.493 e. The van der Waals surface area contributed by atoms with Crippen molar-refractivity contribution in [1.82, 2.24) is 9.97 Å². The van der Waals surface area contributed by atoms with Crippen molar-refractivity contribution in [3.05, 3.63) is 41.7 Å². The summed E-state index contributed by atoms with van der Waals surface area (Å²) in [6.45, 7) is 0. The summed E-state index contributed by atoms with van der Waals surface area (Å²) in [5.41, 5.74) is 1.08. The SMILES string of the molecule is COc1cc2ncnc(Oc3ccc(NC(=O)OC4CCCCC4)c(Cl)c3)c2cc1OC. The van der Waals surface area contributed by atoms with Crippen LogP contribution in [0, 0.1) is 0 Å². The minimum Gasteiger partial charge on any atom is -0.493 e. The van der Waals surface area contributed by atoms with Crippen molar-refractivity contribution in [3.63, 3.8) is 0 Å². The molecule has 2 aromatic carbocycles. The fraction of sp³-hybridized carbons (Fsp3) is 0.348. The van der Waals surface area contributed by atoms with Crippen LogP contribution in [-0.2, 0) is 4.74 Å². The van der Waals surface area contributed by atoms with Crippen LogP contribution in [0.3, 0.4) is 0 Å². The molecule has 1 heterocycles. The van der Waals surface area contributed by atoms with Gasteiger partial charge in [0.15, 0.2) is 11.5 Å². The van der Waals surface area contributed by atoms with E-state index in [1.807, 2.05) is 0 Å². The van der Waals surface area contributed by atoms with Crippen molar-refractivity contribution < 1.29 is 23.7 Å². The number of nitrogens with zero attached hydrogens (tertiary/aromatic N) is 2. The first-order chi connectivity index (χ1) is 15.6. The smallest absolute Gasteiger partial charge is 0.411 e. The van der Waals surface area contributed by atoms with E-state index in [0.29, 0.717) is 44.7 Å². The number of aromatic nitrogens is 2. The highest BCUT2D eigenvalue weighted by Crippen LogP contribution is 2.37. The van der Waals surface area contributed by atoms with Gasteiger partial charge in [-0.1, -0.05) is 18.0 Å². The van der Waals surface area contributed by atoms with Gasteiger partial charge in [0, 0.05) is 12.1 Å². The summed E-state index contributed by atoms with van der Waals surface area (Å²) in [5, 5.41) is 3.67. The van der Waals surface area contributed by atoms with E-state index in [1.165, 1.54) is 12.7 Å². The summed E-state index contributed by atoms with van der Waals surface area (Å²) < 4.78 is 22.1. The van der Waals surface area contributed by atoms with Gasteiger partial charge >= 0.3 is 6.09 Å². The molecule has 1 aliphatic rings. The molecule has 8 nitrogen and oxygen atoms in total. The Morgan fingerprint density at radius 1 is 1.03 bits per heavy atom. The maximum atomic E-state index is 12.2. The molecule has 1 saturated carbocycles. The van der Waals surface area contributed by atoms with E-state index in [-0.39, 0.29) is 6.10 Å². The van der Waals surface area contributed by atoms with Crippen molar-refractivity contribution in [2.45, 2.75) is 38.2 Å². The third-order valence-electron chi connectivity index (χ3n) is 5.32. The zero-order valence-electron chi connectivity index (χ0n) is 17.9. The monoisotopic (exact) mass is 457 g/mol. The van der Waals surface area contributed by atoms with Crippen molar-refractivity contribution in [1.29, 1.82) is 0 Å². The highest BCUT2D eigenvalue weighted by molar-refractivity contribution is 6.33. The lowest BCUT2D eigenvalue weighted by atomic mass is 9.98. The molecular weight excluding hydrogens is 434 g/mol. The topological polar surface area (TPSA) is 91.8 Å². The first kappa shape index (κ1) is 22.0. The first-order valence-corrected chi connectivity index (χ1v) is 10.8. The first-order valence-electron chi connectivity index (χ1n) is 10.4. The van der Waals surface area contributed by atoms with Gasteiger partial charge in [-0.05, 0) is 43.9 Å². The molecule has 0 unspecified atom stereocenters. The third kappa shape index (κ3) is 4.96. The predicted octanol–water partition coefficient (Wildman–Crippen LogP) is 5.97. The predicted molar refractivity (Wildman–Crippen MR) is 121 cm³/mol. The molecular formula is C23H24ClN3O5. The number of carbonyl (C=O) groups excluding carboxylic acids is 1. The minimum absolute atomic E-state index is 0.0354. The Morgan fingerprint density at radius 2 is 1.78 bits per heavy atom. The summed E-state index contributed by atoms with van der Waals surface area (Å²) in [4.78, 5) is 20.7. The van der Waals surface area contributed by atoms with Gasteiger partial charge in [0.1, 0.15) is 18.2 Å². The number of nitrogens with one attached hydrogen (secondary N) is 1. The Morgan fingerprint density at radius 3 is 2.50 bits per heavy atom. The Labute approximate surface area is 190 Å². The number of halogens is 1. The number of fused-ring (bicyclic) bond motifs is 1. The van der Waals surface area contributed by atoms with Crippen LogP contribution in [-0.4, -0.2) is 36.4 Å². The standard InChI is InChI=1S/C23H24ClN3O5/c1-29-20-11-16-19(12-21(20)30-2)25-13-26-22(16)31-15-8-9-18(17(24)10-15)27-23(28)32-14-6-4-3-5-7-14/h8-14H,3-7H2,1-2H3,(H,27,28). The van der Waals surface area contributed by atoms with Gasteiger partial charge < -0.3 is 18.9 Å². The van der Waals surface area contributed by atoms with Gasteiger partial charge in [-0.3, -0.25) is 5.32 Å². The molecule has 0 atom stereocenters. The van der Waals surface area contributed by atoms with E-state index in [4.69, 9.17) is 30.5 Å². The second-order valence-electron chi connectivity index (χ2n) is 7.44. The number of hydrogen-bond donors (Lipinski definition) is 1. The fourth-order valence-electron chi connectivity index (χ4n) is 3.69. The highest BCUT2D eigenvalue weighted by atomic mass is 35.5. The van der Waals surface area contributed by atoms with Crippen molar-refractivity contribution >= 4 is 34.3 Å². The molecule has 1 amide bonds. The van der Waals surface area contributed by atoms with Crippen LogP contribution in [0.25, 0.3) is 10.9 Å². The molecule has 0 aliphatic heterocycles. The molecule has 1 aromatic heterocycles. The number of methoxy groups -OCH3 is 2. The Hall–Kier alpha value is -3.26. The second-order valence-corrected chi connectivity index (χ2v) is 7.84. The van der Waals surface area contributed by atoms with Crippen LogP contribution < -0.4 is 19.5 Å². The van der Waals surface area contributed by atoms with Gasteiger partial charge in [0.2, 0.25) is 5.88 Å². The Balaban J connectivity index is 1.50. The molecule has 1 fully saturated rings. The van der Waals surface area contributed by atoms with Crippen molar-refractivity contribution in [2.24, 2.45) is 0 Å². The maximum Gasteiger partial charge on any atom is 0.411 e. The van der Waals surface area contributed by atoms with Crippen LogP contribution in [0.1, 0.15) is 32.1 Å². The van der Waals surface area contributed by atoms with Gasteiger partial charge in [-0.2, -0.15) is 0 Å². The van der Waals surface area contributed by atoms with Gasteiger partial charge in [-0.25, -0.2) is 14.8 Å². The van der Waals surface area contributed by atoms with Crippen LogP contribution in [0.2, 0.25) is 5.02 Å². The normalized spacial score (nSPS) is 14.1. The summed E-state index contributed by atoms with van der Waals surface area (Å²) in [6.07, 6.45) is 6.03. The average Bonchev–Trinajstić information content (AvgIpc) is 2.80. The number of anilines is 1. The third-order valence-corrected chi connectivity index (χ3v) is 5.63.